The molecule has 3 aromatic rings. The third-order valence-corrected chi connectivity index (χ3v) is 6.29. The van der Waals surface area contributed by atoms with Crippen LogP contribution in [-0.2, 0) is 4.74 Å². The highest BCUT2D eigenvalue weighted by Gasteiger charge is 2.21. The monoisotopic (exact) mass is 434 g/mol. The first kappa shape index (κ1) is 20.8. The highest BCUT2D eigenvalue weighted by atomic mass is 16.5. The van der Waals surface area contributed by atoms with Crippen LogP contribution in [0.2, 0.25) is 0 Å². The summed E-state index contributed by atoms with van der Waals surface area (Å²) in [4.78, 5) is 25.3. The van der Waals surface area contributed by atoms with Gasteiger partial charge in [-0.05, 0) is 26.0 Å². The van der Waals surface area contributed by atoms with E-state index in [9.17, 15) is 0 Å². The fourth-order valence-electron chi connectivity index (χ4n) is 4.38. The van der Waals surface area contributed by atoms with Crippen molar-refractivity contribution in [2.24, 2.45) is 0 Å². The predicted octanol–water partition coefficient (Wildman–Crippen LogP) is 2.04. The molecule has 5 rings (SSSR count). The molecule has 2 fully saturated rings. The number of benzene rings is 1. The zero-order valence-electron chi connectivity index (χ0n) is 18.7. The van der Waals surface area contributed by atoms with E-state index >= 15 is 0 Å². The highest BCUT2D eigenvalue weighted by molar-refractivity contribution is 5.85. The Balaban J connectivity index is 1.40. The number of nitrogen functional groups attached to an aromatic ring is 1. The lowest BCUT2D eigenvalue weighted by Gasteiger charge is -2.38. The molecule has 4 heterocycles. The average Bonchev–Trinajstić information content (AvgIpc) is 2.84. The van der Waals surface area contributed by atoms with E-state index in [-0.39, 0.29) is 5.95 Å². The maximum Gasteiger partial charge on any atom is 0.224 e. The van der Waals surface area contributed by atoms with Gasteiger partial charge in [0, 0.05) is 56.6 Å². The summed E-state index contributed by atoms with van der Waals surface area (Å²) in [6.07, 6.45) is 1.76. The van der Waals surface area contributed by atoms with E-state index in [0.717, 1.165) is 56.3 Å². The lowest BCUT2D eigenvalue weighted by molar-refractivity contribution is 0.122. The van der Waals surface area contributed by atoms with Crippen molar-refractivity contribution < 1.29 is 4.74 Å². The molecule has 0 spiro atoms. The smallest absolute Gasteiger partial charge is 0.224 e. The maximum absolute atomic E-state index is 5.94. The number of morpholine rings is 1. The molecule has 0 saturated carbocycles. The van der Waals surface area contributed by atoms with Gasteiger partial charge in [-0.25, -0.2) is 9.97 Å². The van der Waals surface area contributed by atoms with Gasteiger partial charge in [0.05, 0.1) is 25.1 Å². The molecular weight excluding hydrogens is 404 g/mol. The summed E-state index contributed by atoms with van der Waals surface area (Å²) in [5.74, 6) is 0.938. The zero-order valence-corrected chi connectivity index (χ0v) is 18.7. The van der Waals surface area contributed by atoms with Crippen LogP contribution in [0.1, 0.15) is 13.8 Å². The number of nitrogens with two attached hydrogens (primary N) is 1. The molecule has 0 atom stereocenters. The first-order valence-electron chi connectivity index (χ1n) is 11.3. The zero-order chi connectivity index (χ0) is 22.1. The van der Waals surface area contributed by atoms with Crippen LogP contribution in [0.3, 0.4) is 0 Å². The Bertz CT molecular complexity index is 1070. The lowest BCUT2D eigenvalue weighted by Crippen LogP contribution is -2.48. The molecule has 0 bridgehead atoms. The van der Waals surface area contributed by atoms with E-state index in [1.54, 1.807) is 6.20 Å². The van der Waals surface area contributed by atoms with Gasteiger partial charge in [-0.2, -0.15) is 9.97 Å². The van der Waals surface area contributed by atoms with Gasteiger partial charge in [-0.1, -0.05) is 12.1 Å². The Hall–Kier alpha value is -3.04. The summed E-state index contributed by atoms with van der Waals surface area (Å²) < 4.78 is 5.48. The van der Waals surface area contributed by atoms with Gasteiger partial charge in [0.1, 0.15) is 0 Å². The predicted molar refractivity (Wildman–Crippen MR) is 127 cm³/mol. The van der Waals surface area contributed by atoms with Crippen molar-refractivity contribution in [3.05, 3.63) is 30.5 Å². The number of nitrogens with zero attached hydrogens (tertiary/aromatic N) is 7. The van der Waals surface area contributed by atoms with Crippen LogP contribution in [-0.4, -0.2) is 83.4 Å². The molecular formula is C23H30N8O. The summed E-state index contributed by atoms with van der Waals surface area (Å²) in [6.45, 7) is 11.6. The number of hydrogen-bond donors (Lipinski definition) is 1. The molecule has 1 aromatic carbocycles. The standard InChI is InChI=1S/C23H30N8O/c1-16(2)29-7-9-30(10-8-29)18-5-3-17(4-6-18)19-15-25-21-20(26-19)22(28-23(24)27-21)31-11-13-32-14-12-31/h3-6,15-16H,7-14H2,1-2H3,(H2,24,25,27,28). The Morgan fingerprint density at radius 1 is 0.875 bits per heavy atom. The Labute approximate surface area is 188 Å². The van der Waals surface area contributed by atoms with Crippen molar-refractivity contribution in [3.63, 3.8) is 0 Å². The summed E-state index contributed by atoms with van der Waals surface area (Å²) in [7, 11) is 0. The largest absolute Gasteiger partial charge is 0.378 e. The minimum atomic E-state index is 0.211. The van der Waals surface area contributed by atoms with Gasteiger partial charge in [0.2, 0.25) is 5.95 Å². The van der Waals surface area contributed by atoms with E-state index < -0.39 is 0 Å². The lowest BCUT2D eigenvalue weighted by atomic mass is 10.1. The van der Waals surface area contributed by atoms with Crippen molar-refractivity contribution in [1.29, 1.82) is 0 Å². The van der Waals surface area contributed by atoms with Crippen molar-refractivity contribution in [3.8, 4) is 11.3 Å². The molecule has 2 saturated heterocycles. The number of hydrogen-bond acceptors (Lipinski definition) is 9. The molecule has 0 amide bonds. The normalized spacial score (nSPS) is 18.0. The SMILES string of the molecule is CC(C)N1CCN(c2ccc(-c3cnc4nc(N)nc(N5CCOCC5)c4n3)cc2)CC1. The van der Waals surface area contributed by atoms with Crippen LogP contribution in [0.5, 0.6) is 0 Å². The van der Waals surface area contributed by atoms with E-state index in [4.69, 9.17) is 15.5 Å². The van der Waals surface area contributed by atoms with Gasteiger partial charge in [0.25, 0.3) is 0 Å². The Morgan fingerprint density at radius 2 is 1.59 bits per heavy atom. The van der Waals surface area contributed by atoms with Crippen molar-refractivity contribution in [1.82, 2.24) is 24.8 Å². The third-order valence-electron chi connectivity index (χ3n) is 6.29. The minimum absolute atomic E-state index is 0.211. The van der Waals surface area contributed by atoms with Gasteiger partial charge in [-0.3, -0.25) is 4.90 Å². The molecule has 9 heteroatoms. The quantitative estimate of drug-likeness (QED) is 0.661. The number of aromatic nitrogens is 4. The van der Waals surface area contributed by atoms with E-state index in [0.29, 0.717) is 30.4 Å². The molecule has 2 aliphatic heterocycles. The van der Waals surface area contributed by atoms with Crippen LogP contribution in [0.4, 0.5) is 17.5 Å². The first-order chi connectivity index (χ1) is 15.6. The number of anilines is 3. The fraction of sp³-hybridized carbons (Fsp3) is 0.478. The fourth-order valence-corrected chi connectivity index (χ4v) is 4.38. The molecule has 0 unspecified atom stereocenters. The molecule has 2 aromatic heterocycles. The summed E-state index contributed by atoms with van der Waals surface area (Å²) in [5.41, 5.74) is 10.2. The van der Waals surface area contributed by atoms with Crippen LogP contribution < -0.4 is 15.5 Å². The van der Waals surface area contributed by atoms with Gasteiger partial charge in [-0.15, -0.1) is 0 Å². The van der Waals surface area contributed by atoms with Crippen LogP contribution in [0, 0.1) is 0 Å². The molecule has 2 aliphatic rings. The highest BCUT2D eigenvalue weighted by Crippen LogP contribution is 2.27. The number of piperazine rings is 1. The topological polar surface area (TPSA) is 96.5 Å². The Kier molecular flexibility index (Phi) is 5.75. The van der Waals surface area contributed by atoms with Crippen LogP contribution in [0.25, 0.3) is 22.4 Å². The molecule has 32 heavy (non-hydrogen) atoms. The van der Waals surface area contributed by atoms with E-state index in [2.05, 4.69) is 67.8 Å². The summed E-state index contributed by atoms with van der Waals surface area (Å²) in [6, 6.07) is 9.19. The second-order valence-corrected chi connectivity index (χ2v) is 8.60. The van der Waals surface area contributed by atoms with E-state index in [1.165, 1.54) is 5.69 Å². The second kappa shape index (κ2) is 8.84. The maximum atomic E-state index is 5.94. The van der Waals surface area contributed by atoms with Crippen molar-refractivity contribution in [2.45, 2.75) is 19.9 Å². The molecule has 168 valence electrons. The molecule has 9 nitrogen and oxygen atoms in total. The van der Waals surface area contributed by atoms with Crippen molar-refractivity contribution in [2.75, 3.05) is 68.0 Å². The van der Waals surface area contributed by atoms with Crippen molar-refractivity contribution >= 4 is 28.6 Å². The molecule has 0 radical (unpaired) electrons. The first-order valence-corrected chi connectivity index (χ1v) is 11.3. The van der Waals surface area contributed by atoms with Gasteiger partial charge in [0.15, 0.2) is 17.0 Å². The number of rotatable bonds is 4. The molecule has 2 N–H and O–H groups in total. The summed E-state index contributed by atoms with van der Waals surface area (Å²) >= 11 is 0. The number of fused-ring (bicyclic) bond motifs is 1. The van der Waals surface area contributed by atoms with Crippen LogP contribution in [0.15, 0.2) is 30.5 Å². The number of ether oxygens (including phenoxy) is 1. The van der Waals surface area contributed by atoms with Gasteiger partial charge < -0.3 is 20.3 Å². The second-order valence-electron chi connectivity index (χ2n) is 8.60. The summed E-state index contributed by atoms with van der Waals surface area (Å²) in [5, 5.41) is 0. The third kappa shape index (κ3) is 4.18. The minimum Gasteiger partial charge on any atom is -0.378 e. The Morgan fingerprint density at radius 3 is 2.28 bits per heavy atom. The van der Waals surface area contributed by atoms with E-state index in [1.807, 2.05) is 0 Å². The van der Waals surface area contributed by atoms with Gasteiger partial charge >= 0.3 is 0 Å². The molecule has 0 aliphatic carbocycles. The average molecular weight is 435 g/mol. The van der Waals surface area contributed by atoms with Crippen LogP contribution >= 0.6 is 0 Å².